The molecule has 5 aliphatic rings. The summed E-state index contributed by atoms with van der Waals surface area (Å²) in [5.41, 5.74) is 2.25. The minimum absolute atomic E-state index is 0.0430. The molecule has 0 bridgehead atoms. The number of rotatable bonds is 6. The molecule has 4 saturated carbocycles. The zero-order chi connectivity index (χ0) is 38.4. The van der Waals surface area contributed by atoms with Crippen LogP contribution in [0.5, 0.6) is 0 Å². The van der Waals surface area contributed by atoms with Crippen LogP contribution in [0.25, 0.3) is 0 Å². The molecule has 0 aromatic heterocycles. The highest BCUT2D eigenvalue weighted by atomic mass is 16.5. The van der Waals surface area contributed by atoms with Crippen LogP contribution in [0, 0.1) is 44.3 Å². The largest absolute Gasteiger partial charge is 0.478 e. The maximum atomic E-state index is 14.1. The number of ether oxygens (including phenoxy) is 1. The third kappa shape index (κ3) is 5.52. The van der Waals surface area contributed by atoms with E-state index in [9.17, 15) is 29.4 Å². The van der Waals surface area contributed by atoms with Crippen LogP contribution in [0.3, 0.4) is 0 Å². The molecular formula is C45H55NO7. The van der Waals surface area contributed by atoms with Gasteiger partial charge in [0.1, 0.15) is 6.10 Å². The van der Waals surface area contributed by atoms with Crippen molar-refractivity contribution in [2.45, 2.75) is 112 Å². The van der Waals surface area contributed by atoms with Gasteiger partial charge in [-0.2, -0.15) is 0 Å². The lowest BCUT2D eigenvalue weighted by Crippen LogP contribution is -2.61. The number of esters is 1. The molecule has 53 heavy (non-hydrogen) atoms. The van der Waals surface area contributed by atoms with E-state index < -0.39 is 23.3 Å². The van der Waals surface area contributed by atoms with Crippen molar-refractivity contribution in [3.63, 3.8) is 0 Å². The van der Waals surface area contributed by atoms with Gasteiger partial charge in [0.2, 0.25) is 5.91 Å². The molecule has 6 unspecified atom stereocenters. The standard InChI is InChI=1S/C45H55NO7/c1-40(2)33-18-21-45(7)34(43(33,5)20-19-35(40)53-38(51)28-13-9-8-12-27(28)36(47)48)17-16-30-31-26-42(4,23-22-41(31,3)24-25-44(30,45)6)39(52)46-32-15-11-10-14-29(32)37(49)50/h8-17,31,33,35H,18-26H2,1-7H3,(H,46,52)(H,47,48)(H,49,50)/t31?,33?,35?,41?,42-,43?,44+,45?/m0/s1. The Morgan fingerprint density at radius 1 is 0.698 bits per heavy atom. The third-order valence-electron chi connectivity index (χ3n) is 15.7. The van der Waals surface area contributed by atoms with Crippen molar-refractivity contribution >= 4 is 29.5 Å². The Balaban J connectivity index is 1.18. The first kappa shape index (κ1) is 37.1. The molecule has 0 heterocycles. The summed E-state index contributed by atoms with van der Waals surface area (Å²) in [4.78, 5) is 51.3. The molecule has 4 fully saturated rings. The van der Waals surface area contributed by atoms with E-state index in [1.54, 1.807) is 30.3 Å². The lowest BCUT2D eigenvalue weighted by molar-refractivity contribution is -0.135. The molecule has 0 aliphatic heterocycles. The summed E-state index contributed by atoms with van der Waals surface area (Å²) < 4.78 is 6.21. The monoisotopic (exact) mass is 721 g/mol. The van der Waals surface area contributed by atoms with Crippen LogP contribution in [0.1, 0.15) is 137 Å². The average molecular weight is 722 g/mol. The summed E-state index contributed by atoms with van der Waals surface area (Å²) in [5, 5.41) is 22.5. The van der Waals surface area contributed by atoms with Gasteiger partial charge in [0.15, 0.2) is 0 Å². The highest BCUT2D eigenvalue weighted by Gasteiger charge is 2.66. The topological polar surface area (TPSA) is 130 Å². The number of nitrogens with one attached hydrogen (secondary N) is 1. The number of benzene rings is 2. The normalized spacial score (nSPS) is 36.9. The first-order valence-corrected chi connectivity index (χ1v) is 19.4. The van der Waals surface area contributed by atoms with Crippen molar-refractivity contribution in [1.82, 2.24) is 0 Å². The van der Waals surface area contributed by atoms with Crippen molar-refractivity contribution in [2.24, 2.45) is 44.3 Å². The summed E-state index contributed by atoms with van der Waals surface area (Å²) >= 11 is 0. The number of hydrogen-bond acceptors (Lipinski definition) is 5. The Bertz CT molecular complexity index is 1960. The van der Waals surface area contributed by atoms with Crippen LogP contribution in [0.2, 0.25) is 0 Å². The van der Waals surface area contributed by atoms with Gasteiger partial charge in [-0.3, -0.25) is 4.79 Å². The van der Waals surface area contributed by atoms with Gasteiger partial charge in [-0.1, -0.05) is 96.0 Å². The lowest BCUT2D eigenvalue weighted by Gasteiger charge is -2.68. The van der Waals surface area contributed by atoms with E-state index in [-0.39, 0.29) is 67.6 Å². The molecule has 8 heteroatoms. The van der Waals surface area contributed by atoms with Crippen molar-refractivity contribution in [3.05, 3.63) is 88.5 Å². The van der Waals surface area contributed by atoms with Crippen LogP contribution in [-0.4, -0.2) is 40.1 Å². The van der Waals surface area contributed by atoms with E-state index in [1.807, 2.05) is 0 Å². The number of allylic oxidation sites excluding steroid dienone is 4. The van der Waals surface area contributed by atoms with Crippen LogP contribution in [0.4, 0.5) is 5.69 Å². The van der Waals surface area contributed by atoms with E-state index in [0.29, 0.717) is 12.1 Å². The van der Waals surface area contributed by atoms with Gasteiger partial charge in [-0.05, 0) is 116 Å². The van der Waals surface area contributed by atoms with Crippen molar-refractivity contribution in [3.8, 4) is 0 Å². The van der Waals surface area contributed by atoms with E-state index in [4.69, 9.17) is 4.74 Å². The number of anilines is 1. The number of carbonyl (C=O) groups excluding carboxylic acids is 2. The first-order valence-electron chi connectivity index (χ1n) is 19.4. The van der Waals surface area contributed by atoms with Crippen LogP contribution >= 0.6 is 0 Å². The fourth-order valence-corrected chi connectivity index (χ4v) is 12.1. The Labute approximate surface area is 313 Å². The highest BCUT2D eigenvalue weighted by molar-refractivity contribution is 6.03. The summed E-state index contributed by atoms with van der Waals surface area (Å²) in [7, 11) is 0. The Morgan fingerprint density at radius 2 is 1.32 bits per heavy atom. The fourth-order valence-electron chi connectivity index (χ4n) is 12.1. The maximum absolute atomic E-state index is 14.1. The number of amides is 1. The fraction of sp³-hybridized carbons (Fsp3) is 0.556. The molecule has 282 valence electrons. The van der Waals surface area contributed by atoms with Gasteiger partial charge >= 0.3 is 17.9 Å². The number of carboxylic acids is 2. The first-order chi connectivity index (χ1) is 24.8. The van der Waals surface area contributed by atoms with Crippen LogP contribution in [0.15, 0.2) is 71.8 Å². The Morgan fingerprint density at radius 3 is 2.00 bits per heavy atom. The molecule has 0 saturated heterocycles. The number of hydrogen-bond donors (Lipinski definition) is 3. The second-order valence-electron chi connectivity index (χ2n) is 18.8. The minimum Gasteiger partial charge on any atom is -0.478 e. The minimum atomic E-state index is -1.14. The second kappa shape index (κ2) is 12.4. The second-order valence-corrected chi connectivity index (χ2v) is 18.8. The maximum Gasteiger partial charge on any atom is 0.339 e. The van der Waals surface area contributed by atoms with Gasteiger partial charge < -0.3 is 20.3 Å². The van der Waals surface area contributed by atoms with Gasteiger partial charge in [-0.15, -0.1) is 0 Å². The van der Waals surface area contributed by atoms with Crippen molar-refractivity contribution < 1.29 is 34.1 Å². The average Bonchev–Trinajstić information content (AvgIpc) is 3.10. The van der Waals surface area contributed by atoms with Gasteiger partial charge in [0, 0.05) is 10.8 Å². The quantitative estimate of drug-likeness (QED) is 0.253. The molecular weight excluding hydrogens is 666 g/mol. The Hall–Kier alpha value is -4.20. The zero-order valence-corrected chi connectivity index (χ0v) is 32.3. The number of carboxylic acid groups (broad SMARTS) is 2. The van der Waals surface area contributed by atoms with Crippen LogP contribution < -0.4 is 5.32 Å². The number of fused-ring (bicyclic) bond motifs is 7. The molecule has 1 amide bonds. The van der Waals surface area contributed by atoms with E-state index in [0.717, 1.165) is 51.4 Å². The van der Waals surface area contributed by atoms with Crippen molar-refractivity contribution in [2.75, 3.05) is 5.32 Å². The molecule has 8 atom stereocenters. The SMILES string of the molecule is CC12CC[C@](C)(C(=O)Nc3ccccc3C(=O)O)CC1C1=CC=C3C4(C)CCC(OC(=O)c5ccccc5C(=O)O)C(C)(C)C4CCC3(C)[C@]1(C)CC2. The highest BCUT2D eigenvalue weighted by Crippen LogP contribution is 2.74. The van der Waals surface area contributed by atoms with Crippen molar-refractivity contribution in [1.29, 1.82) is 0 Å². The molecule has 8 nitrogen and oxygen atoms in total. The molecule has 2 aromatic carbocycles. The summed E-state index contributed by atoms with van der Waals surface area (Å²) in [5.74, 6) is -2.41. The molecule has 0 spiro atoms. The predicted molar refractivity (Wildman–Crippen MR) is 204 cm³/mol. The Kier molecular flexibility index (Phi) is 8.70. The number of aromatic carboxylic acids is 2. The van der Waals surface area contributed by atoms with E-state index >= 15 is 0 Å². The molecule has 0 radical (unpaired) electrons. The molecule has 2 aromatic rings. The number of para-hydroxylation sites is 1. The van der Waals surface area contributed by atoms with Gasteiger partial charge in [0.05, 0.1) is 22.4 Å². The van der Waals surface area contributed by atoms with E-state index in [2.05, 4.69) is 65.9 Å². The smallest absolute Gasteiger partial charge is 0.339 e. The predicted octanol–water partition coefficient (Wildman–Crippen LogP) is 9.97. The lowest BCUT2D eigenvalue weighted by atomic mass is 9.36. The van der Waals surface area contributed by atoms with Gasteiger partial charge in [0.25, 0.3) is 0 Å². The zero-order valence-electron chi connectivity index (χ0n) is 32.3. The third-order valence-corrected chi connectivity index (χ3v) is 15.7. The van der Waals surface area contributed by atoms with Crippen LogP contribution in [-0.2, 0) is 9.53 Å². The summed E-state index contributed by atoms with van der Waals surface area (Å²) in [6, 6.07) is 12.9. The summed E-state index contributed by atoms with van der Waals surface area (Å²) in [6.45, 7) is 16.3. The van der Waals surface area contributed by atoms with E-state index in [1.165, 1.54) is 29.3 Å². The molecule has 3 N–H and O–H groups in total. The van der Waals surface area contributed by atoms with Gasteiger partial charge in [-0.25, -0.2) is 14.4 Å². The molecule has 5 aliphatic carbocycles. The molecule has 7 rings (SSSR count). The number of carbonyl (C=O) groups is 4. The summed E-state index contributed by atoms with van der Waals surface area (Å²) in [6.07, 6.45) is 12.7.